The highest BCUT2D eigenvalue weighted by Gasteiger charge is 2.46. The van der Waals surface area contributed by atoms with Gasteiger partial charge in [0.2, 0.25) is 0 Å². The van der Waals surface area contributed by atoms with Crippen LogP contribution in [0.25, 0.3) is 0 Å². The maximum absolute atomic E-state index is 13.8. The van der Waals surface area contributed by atoms with Crippen molar-refractivity contribution in [3.05, 3.63) is 41.2 Å². The van der Waals surface area contributed by atoms with Crippen molar-refractivity contribution < 1.29 is 18.4 Å². The molecule has 0 radical (unpaired) electrons. The number of hydrogen-bond donors (Lipinski definition) is 0. The van der Waals surface area contributed by atoms with Crippen LogP contribution in [0.1, 0.15) is 37.7 Å². The number of carbonyl (C=O) groups is 2. The van der Waals surface area contributed by atoms with E-state index in [0.717, 1.165) is 6.20 Å². The molecular formula is C17H17F2N3O2. The molecule has 1 amide bonds. The van der Waals surface area contributed by atoms with E-state index in [4.69, 9.17) is 0 Å². The monoisotopic (exact) mass is 333 g/mol. The van der Waals surface area contributed by atoms with Crippen molar-refractivity contribution in [2.75, 3.05) is 7.05 Å². The molecule has 7 heteroatoms. The van der Waals surface area contributed by atoms with Crippen molar-refractivity contribution in [1.29, 1.82) is 5.26 Å². The lowest BCUT2D eigenvalue weighted by molar-refractivity contribution is -0.125. The highest BCUT2D eigenvalue weighted by atomic mass is 19.1. The smallest absolute Gasteiger partial charge is 0.275 e. The van der Waals surface area contributed by atoms with E-state index in [1.54, 1.807) is 20.8 Å². The number of amides is 1. The SMILES string of the molecule is CN(C(=O)c1ncc(F)cc1F)[C@]1(C)C=C(C#N)C(=O)C(C)(C)C1. The number of Topliss-reactive ketones (excluding diaryl/α,β-unsaturated/α-hetero) is 1. The van der Waals surface area contributed by atoms with Crippen LogP contribution in [0.3, 0.4) is 0 Å². The van der Waals surface area contributed by atoms with E-state index >= 15 is 0 Å². The van der Waals surface area contributed by atoms with Gasteiger partial charge in [0.15, 0.2) is 17.3 Å². The molecule has 0 N–H and O–H groups in total. The maximum Gasteiger partial charge on any atom is 0.275 e. The Balaban J connectivity index is 2.46. The topological polar surface area (TPSA) is 74.1 Å². The van der Waals surface area contributed by atoms with Gasteiger partial charge in [-0.15, -0.1) is 0 Å². The fraction of sp³-hybridized carbons (Fsp3) is 0.412. The molecule has 24 heavy (non-hydrogen) atoms. The van der Waals surface area contributed by atoms with Crippen LogP contribution in [0.5, 0.6) is 0 Å². The first-order chi connectivity index (χ1) is 11.0. The Morgan fingerprint density at radius 2 is 2.00 bits per heavy atom. The largest absolute Gasteiger partial charge is 0.331 e. The molecule has 1 heterocycles. The number of likely N-dealkylation sites (N-methyl/N-ethyl adjacent to an activating group) is 1. The molecule has 5 nitrogen and oxygen atoms in total. The first-order valence-electron chi connectivity index (χ1n) is 7.29. The summed E-state index contributed by atoms with van der Waals surface area (Å²) in [6.45, 7) is 5.05. The Hall–Kier alpha value is -2.62. The summed E-state index contributed by atoms with van der Waals surface area (Å²) >= 11 is 0. The van der Waals surface area contributed by atoms with Crippen molar-refractivity contribution in [2.24, 2.45) is 5.41 Å². The van der Waals surface area contributed by atoms with Crippen molar-refractivity contribution >= 4 is 11.7 Å². The molecular weight excluding hydrogens is 316 g/mol. The number of pyridine rings is 1. The predicted octanol–water partition coefficient (Wildman–Crippen LogP) is 2.64. The summed E-state index contributed by atoms with van der Waals surface area (Å²) in [5.74, 6) is -3.00. The Labute approximate surface area is 138 Å². The van der Waals surface area contributed by atoms with Gasteiger partial charge in [0.1, 0.15) is 11.9 Å². The molecule has 1 aromatic rings. The lowest BCUT2D eigenvalue weighted by Crippen LogP contribution is -2.53. The second kappa shape index (κ2) is 5.78. The Morgan fingerprint density at radius 3 is 2.54 bits per heavy atom. The number of carbonyl (C=O) groups excluding carboxylic acids is 2. The third-order valence-corrected chi connectivity index (χ3v) is 4.32. The molecule has 1 atom stereocenters. The third-order valence-electron chi connectivity index (χ3n) is 4.32. The summed E-state index contributed by atoms with van der Waals surface area (Å²) in [5, 5.41) is 9.18. The van der Waals surface area contributed by atoms with Gasteiger partial charge in [-0.1, -0.05) is 13.8 Å². The molecule has 2 rings (SSSR count). The predicted molar refractivity (Wildman–Crippen MR) is 81.8 cm³/mol. The third kappa shape index (κ3) is 2.92. The van der Waals surface area contributed by atoms with E-state index in [1.165, 1.54) is 18.0 Å². The standard InChI is InChI=1S/C17H17F2N3O2/c1-16(2)9-17(3,6-10(7-20)14(16)23)22(4)15(24)13-12(19)5-11(18)8-21-13/h5-6,8H,9H2,1-4H3/t17-/m1/s1. The lowest BCUT2D eigenvalue weighted by Gasteiger charge is -2.44. The van der Waals surface area contributed by atoms with Crippen molar-refractivity contribution in [2.45, 2.75) is 32.7 Å². The number of nitriles is 1. The van der Waals surface area contributed by atoms with Gasteiger partial charge in [0.25, 0.3) is 5.91 Å². The molecule has 1 aromatic heterocycles. The summed E-state index contributed by atoms with van der Waals surface area (Å²) in [6, 6.07) is 2.44. The summed E-state index contributed by atoms with van der Waals surface area (Å²) < 4.78 is 26.8. The van der Waals surface area contributed by atoms with Gasteiger partial charge in [0.05, 0.1) is 17.3 Å². The lowest BCUT2D eigenvalue weighted by atomic mass is 9.68. The average Bonchev–Trinajstić information content (AvgIpc) is 2.49. The summed E-state index contributed by atoms with van der Waals surface area (Å²) in [6.07, 6.45) is 2.44. The molecule has 0 saturated carbocycles. The maximum atomic E-state index is 13.8. The number of rotatable bonds is 2. The molecule has 0 aliphatic heterocycles. The molecule has 0 fully saturated rings. The number of allylic oxidation sites excluding steroid dienone is 1. The van der Waals surface area contributed by atoms with Crippen LogP contribution in [0, 0.1) is 28.4 Å². The molecule has 0 bridgehead atoms. The number of aromatic nitrogens is 1. The molecule has 1 aliphatic carbocycles. The fourth-order valence-electron chi connectivity index (χ4n) is 3.03. The zero-order chi connectivity index (χ0) is 18.3. The highest BCUT2D eigenvalue weighted by Crippen LogP contribution is 2.40. The summed E-state index contributed by atoms with van der Waals surface area (Å²) in [7, 11) is 1.43. The molecule has 1 aliphatic rings. The van der Waals surface area contributed by atoms with Crippen LogP contribution in [0.2, 0.25) is 0 Å². The second-order valence-electron chi connectivity index (χ2n) is 6.76. The minimum Gasteiger partial charge on any atom is -0.331 e. The van der Waals surface area contributed by atoms with E-state index in [0.29, 0.717) is 6.07 Å². The molecule has 0 spiro atoms. The summed E-state index contributed by atoms with van der Waals surface area (Å²) in [5.41, 5.74) is -2.39. The van der Waals surface area contributed by atoms with Gasteiger partial charge < -0.3 is 4.90 Å². The van der Waals surface area contributed by atoms with Crippen molar-refractivity contribution in [1.82, 2.24) is 9.88 Å². The van der Waals surface area contributed by atoms with Crippen LogP contribution in [0.4, 0.5) is 8.78 Å². The van der Waals surface area contributed by atoms with Gasteiger partial charge in [-0.2, -0.15) is 5.26 Å². The highest BCUT2D eigenvalue weighted by molar-refractivity contribution is 6.04. The quantitative estimate of drug-likeness (QED) is 0.834. The minimum atomic E-state index is -1.06. The molecule has 0 saturated heterocycles. The Kier molecular flexibility index (Phi) is 4.27. The van der Waals surface area contributed by atoms with Gasteiger partial charge >= 0.3 is 0 Å². The van der Waals surface area contributed by atoms with Crippen LogP contribution >= 0.6 is 0 Å². The zero-order valence-electron chi connectivity index (χ0n) is 13.9. The normalized spacial score (nSPS) is 22.5. The number of ketones is 1. The fourth-order valence-corrected chi connectivity index (χ4v) is 3.03. The van der Waals surface area contributed by atoms with E-state index in [9.17, 15) is 23.6 Å². The van der Waals surface area contributed by atoms with Crippen LogP contribution in [-0.2, 0) is 4.79 Å². The van der Waals surface area contributed by atoms with Crippen molar-refractivity contribution in [3.63, 3.8) is 0 Å². The van der Waals surface area contributed by atoms with E-state index in [-0.39, 0.29) is 17.8 Å². The van der Waals surface area contributed by atoms with Gasteiger partial charge in [-0.05, 0) is 19.4 Å². The average molecular weight is 333 g/mol. The second-order valence-corrected chi connectivity index (χ2v) is 6.76. The van der Waals surface area contributed by atoms with Crippen LogP contribution < -0.4 is 0 Å². The minimum absolute atomic E-state index is 0.0408. The van der Waals surface area contributed by atoms with Gasteiger partial charge in [0, 0.05) is 18.5 Å². The first kappa shape index (κ1) is 17.7. The molecule has 0 unspecified atom stereocenters. The molecule has 126 valence electrons. The zero-order valence-corrected chi connectivity index (χ0v) is 13.9. The molecule has 0 aromatic carbocycles. The van der Waals surface area contributed by atoms with Crippen LogP contribution in [0.15, 0.2) is 23.9 Å². The number of halogens is 2. The number of nitrogens with zero attached hydrogens (tertiary/aromatic N) is 3. The Morgan fingerprint density at radius 1 is 1.38 bits per heavy atom. The number of hydrogen-bond acceptors (Lipinski definition) is 4. The van der Waals surface area contributed by atoms with Gasteiger partial charge in [-0.25, -0.2) is 13.8 Å². The first-order valence-corrected chi connectivity index (χ1v) is 7.29. The van der Waals surface area contributed by atoms with E-state index in [1.807, 2.05) is 6.07 Å². The van der Waals surface area contributed by atoms with Crippen LogP contribution in [-0.4, -0.2) is 34.2 Å². The van der Waals surface area contributed by atoms with Crippen molar-refractivity contribution in [3.8, 4) is 6.07 Å². The van der Waals surface area contributed by atoms with E-state index < -0.39 is 34.2 Å². The van der Waals surface area contributed by atoms with Gasteiger partial charge in [-0.3, -0.25) is 9.59 Å². The summed E-state index contributed by atoms with van der Waals surface area (Å²) in [4.78, 5) is 29.5. The van der Waals surface area contributed by atoms with E-state index in [2.05, 4.69) is 4.98 Å². The Bertz CT molecular complexity index is 796.